The molecule has 4 heterocycles. The molecule has 5 rings (SSSR count). The number of amides is 1. The molecule has 1 aromatic carbocycles. The van der Waals surface area contributed by atoms with E-state index in [2.05, 4.69) is 50.7 Å². The molecule has 0 N–H and O–H groups in total. The highest BCUT2D eigenvalue weighted by molar-refractivity contribution is 5.79. The molecule has 2 fully saturated rings. The fourth-order valence-electron chi connectivity index (χ4n) is 4.82. The van der Waals surface area contributed by atoms with Crippen LogP contribution in [0.5, 0.6) is 0 Å². The van der Waals surface area contributed by atoms with E-state index in [9.17, 15) is 4.79 Å². The van der Waals surface area contributed by atoms with E-state index in [1.165, 1.54) is 11.3 Å². The van der Waals surface area contributed by atoms with Gasteiger partial charge in [0.15, 0.2) is 0 Å². The number of nitrogens with zero attached hydrogens (tertiary/aromatic N) is 4. The Bertz CT molecular complexity index is 843. The number of rotatable bonds is 2. The Morgan fingerprint density at radius 3 is 2.89 bits per heavy atom. The van der Waals surface area contributed by atoms with Crippen LogP contribution in [0, 0.1) is 5.92 Å². The molecular weight excluding hydrogens is 340 g/mol. The Hall–Kier alpha value is -2.18. The third-order valence-corrected chi connectivity index (χ3v) is 6.57. The van der Waals surface area contributed by atoms with Crippen molar-refractivity contribution in [2.75, 3.05) is 33.4 Å². The quantitative estimate of drug-likeness (QED) is 0.816. The fraction of sp³-hybridized carbons (Fsp3) is 0.524. The van der Waals surface area contributed by atoms with Gasteiger partial charge in [-0.2, -0.15) is 0 Å². The van der Waals surface area contributed by atoms with Gasteiger partial charge in [0.1, 0.15) is 5.82 Å². The minimum atomic E-state index is -0.00759. The third-order valence-electron chi connectivity index (χ3n) is 6.57. The van der Waals surface area contributed by atoms with Gasteiger partial charge in [-0.25, -0.2) is 4.98 Å². The number of aromatic nitrogens is 2. The van der Waals surface area contributed by atoms with Crippen molar-refractivity contribution in [3.05, 3.63) is 42.4 Å². The molecule has 2 unspecified atom stereocenters. The standard InChI is InChI=1S/C21H26N4O2/c1-23-12-19-22-11-18(16-5-3-2-4-6-16)25(19)15-21(23)8-9-24(14-21)20(26)17-7-10-27-13-17/h2-6,11,17H,7-10,12-15H2,1H3. The van der Waals surface area contributed by atoms with Gasteiger partial charge in [0.2, 0.25) is 5.91 Å². The normalized spacial score (nSPS) is 28.0. The average molecular weight is 366 g/mol. The van der Waals surface area contributed by atoms with Crippen LogP contribution in [0.25, 0.3) is 11.3 Å². The molecule has 27 heavy (non-hydrogen) atoms. The smallest absolute Gasteiger partial charge is 0.228 e. The monoisotopic (exact) mass is 366 g/mol. The summed E-state index contributed by atoms with van der Waals surface area (Å²) in [5.41, 5.74) is 2.36. The number of benzene rings is 1. The Balaban J connectivity index is 1.41. The van der Waals surface area contributed by atoms with Crippen molar-refractivity contribution in [3.8, 4) is 11.3 Å². The third kappa shape index (κ3) is 2.78. The summed E-state index contributed by atoms with van der Waals surface area (Å²) in [4.78, 5) is 22.0. The highest BCUT2D eigenvalue weighted by Gasteiger charge is 2.47. The van der Waals surface area contributed by atoms with E-state index < -0.39 is 0 Å². The maximum Gasteiger partial charge on any atom is 0.228 e. The molecule has 0 aliphatic carbocycles. The molecule has 1 aromatic heterocycles. The number of imidazole rings is 1. The summed E-state index contributed by atoms with van der Waals surface area (Å²) in [5, 5.41) is 0. The van der Waals surface area contributed by atoms with Crippen molar-refractivity contribution < 1.29 is 9.53 Å². The van der Waals surface area contributed by atoms with Crippen LogP contribution in [0.2, 0.25) is 0 Å². The highest BCUT2D eigenvalue weighted by Crippen LogP contribution is 2.37. The molecular formula is C21H26N4O2. The predicted molar refractivity (Wildman–Crippen MR) is 102 cm³/mol. The van der Waals surface area contributed by atoms with Crippen LogP contribution in [-0.4, -0.2) is 64.1 Å². The predicted octanol–water partition coefficient (Wildman–Crippen LogP) is 2.00. The van der Waals surface area contributed by atoms with E-state index in [4.69, 9.17) is 4.74 Å². The maximum atomic E-state index is 12.9. The highest BCUT2D eigenvalue weighted by atomic mass is 16.5. The lowest BCUT2D eigenvalue weighted by atomic mass is 9.93. The zero-order chi connectivity index (χ0) is 18.4. The van der Waals surface area contributed by atoms with E-state index in [0.717, 1.165) is 44.8 Å². The average Bonchev–Trinajstić information content (AvgIpc) is 3.43. The topological polar surface area (TPSA) is 50.6 Å². The summed E-state index contributed by atoms with van der Waals surface area (Å²) in [7, 11) is 2.17. The van der Waals surface area contributed by atoms with Gasteiger partial charge in [-0.1, -0.05) is 30.3 Å². The lowest BCUT2D eigenvalue weighted by Crippen LogP contribution is -2.55. The van der Waals surface area contributed by atoms with Crippen LogP contribution >= 0.6 is 0 Å². The zero-order valence-electron chi connectivity index (χ0n) is 15.8. The Morgan fingerprint density at radius 1 is 1.26 bits per heavy atom. The van der Waals surface area contributed by atoms with Crippen LogP contribution in [0.4, 0.5) is 0 Å². The first-order valence-electron chi connectivity index (χ1n) is 9.84. The largest absolute Gasteiger partial charge is 0.381 e. The van der Waals surface area contributed by atoms with Crippen LogP contribution in [-0.2, 0) is 22.6 Å². The summed E-state index contributed by atoms with van der Waals surface area (Å²) in [6, 6.07) is 10.5. The van der Waals surface area contributed by atoms with E-state index in [-0.39, 0.29) is 17.4 Å². The van der Waals surface area contributed by atoms with Gasteiger partial charge in [-0.15, -0.1) is 0 Å². The van der Waals surface area contributed by atoms with Gasteiger partial charge < -0.3 is 14.2 Å². The molecule has 6 heteroatoms. The Morgan fingerprint density at radius 2 is 2.11 bits per heavy atom. The summed E-state index contributed by atoms with van der Waals surface area (Å²) in [5.74, 6) is 1.44. The number of likely N-dealkylation sites (tertiary alicyclic amines) is 1. The van der Waals surface area contributed by atoms with E-state index in [0.29, 0.717) is 13.2 Å². The van der Waals surface area contributed by atoms with Crippen LogP contribution in [0.1, 0.15) is 18.7 Å². The number of hydrogen-bond donors (Lipinski definition) is 0. The Labute approximate surface area is 159 Å². The van der Waals surface area contributed by atoms with Crippen LogP contribution < -0.4 is 0 Å². The number of carbonyl (C=O) groups excluding carboxylic acids is 1. The first kappa shape index (κ1) is 17.0. The molecule has 0 radical (unpaired) electrons. The van der Waals surface area contributed by atoms with Crippen molar-refractivity contribution in [2.24, 2.45) is 5.92 Å². The minimum absolute atomic E-state index is 0.00759. The van der Waals surface area contributed by atoms with Crippen LogP contribution in [0.3, 0.4) is 0 Å². The molecule has 3 aliphatic rings. The number of carbonyl (C=O) groups is 1. The van der Waals surface area contributed by atoms with Gasteiger partial charge in [0.25, 0.3) is 0 Å². The molecule has 3 aliphatic heterocycles. The molecule has 0 saturated carbocycles. The second kappa shape index (κ2) is 6.46. The van der Waals surface area contributed by atoms with Gasteiger partial charge in [0, 0.05) is 26.2 Å². The number of ether oxygens (including phenoxy) is 1. The first-order chi connectivity index (χ1) is 13.2. The van der Waals surface area contributed by atoms with Crippen molar-refractivity contribution in [1.82, 2.24) is 19.4 Å². The SMILES string of the molecule is CN1Cc2ncc(-c3ccccc3)n2CC12CCN(C(=O)C1CCOC1)C2. The van der Waals surface area contributed by atoms with Crippen molar-refractivity contribution in [3.63, 3.8) is 0 Å². The van der Waals surface area contributed by atoms with E-state index >= 15 is 0 Å². The first-order valence-corrected chi connectivity index (χ1v) is 9.84. The van der Waals surface area contributed by atoms with Crippen molar-refractivity contribution in [2.45, 2.75) is 31.5 Å². The second-order valence-electron chi connectivity index (χ2n) is 8.16. The molecule has 2 aromatic rings. The molecule has 142 valence electrons. The maximum absolute atomic E-state index is 12.9. The van der Waals surface area contributed by atoms with E-state index in [1.54, 1.807) is 0 Å². The minimum Gasteiger partial charge on any atom is -0.381 e. The molecule has 0 bridgehead atoms. The summed E-state index contributed by atoms with van der Waals surface area (Å²) in [6.07, 6.45) is 3.86. The summed E-state index contributed by atoms with van der Waals surface area (Å²) < 4.78 is 7.79. The number of fused-ring (bicyclic) bond motifs is 1. The van der Waals surface area contributed by atoms with Gasteiger partial charge in [0.05, 0.1) is 36.5 Å². The fourth-order valence-corrected chi connectivity index (χ4v) is 4.82. The number of hydrogen-bond acceptors (Lipinski definition) is 4. The van der Waals surface area contributed by atoms with Crippen molar-refractivity contribution >= 4 is 5.91 Å². The molecule has 6 nitrogen and oxygen atoms in total. The van der Waals surface area contributed by atoms with Gasteiger partial charge >= 0.3 is 0 Å². The van der Waals surface area contributed by atoms with Crippen LogP contribution in [0.15, 0.2) is 36.5 Å². The Kier molecular flexibility index (Phi) is 4.06. The lowest BCUT2D eigenvalue weighted by molar-refractivity contribution is -0.135. The molecule has 1 amide bonds. The molecule has 1 spiro atoms. The number of likely N-dealkylation sites (N-methyl/N-ethyl adjacent to an activating group) is 1. The van der Waals surface area contributed by atoms with Crippen molar-refractivity contribution in [1.29, 1.82) is 0 Å². The van der Waals surface area contributed by atoms with E-state index in [1.807, 2.05) is 12.3 Å². The van der Waals surface area contributed by atoms with Gasteiger partial charge in [-0.3, -0.25) is 9.69 Å². The zero-order valence-corrected chi connectivity index (χ0v) is 15.8. The lowest BCUT2D eigenvalue weighted by Gasteiger charge is -2.43. The second-order valence-corrected chi connectivity index (χ2v) is 8.16. The van der Waals surface area contributed by atoms with Gasteiger partial charge in [-0.05, 0) is 25.5 Å². The summed E-state index contributed by atoms with van der Waals surface area (Å²) in [6.45, 7) is 4.64. The molecule has 2 atom stereocenters. The molecule has 2 saturated heterocycles. The summed E-state index contributed by atoms with van der Waals surface area (Å²) >= 11 is 0.